The topological polar surface area (TPSA) is 52.6 Å². The highest BCUT2D eigenvalue weighted by molar-refractivity contribution is 9.21. The number of aliphatic hydroxyl groups excluding tert-OH is 1. The van der Waals surface area contributed by atoms with Gasteiger partial charge in [-0.25, -0.2) is 4.59 Å². The number of hydrazine groups is 1. The quantitative estimate of drug-likeness (QED) is 0.276. The fourth-order valence-electron chi connectivity index (χ4n) is 3.06. The van der Waals surface area contributed by atoms with Gasteiger partial charge in [0, 0.05) is 47.9 Å². The molecule has 0 radical (unpaired) electrons. The van der Waals surface area contributed by atoms with E-state index in [0.29, 0.717) is 33.3 Å². The maximum Gasteiger partial charge on any atom is 0.131 e. The van der Waals surface area contributed by atoms with Crippen molar-refractivity contribution >= 4 is 61.8 Å². The van der Waals surface area contributed by atoms with Crippen molar-refractivity contribution in [3.05, 3.63) is 33.8 Å². The summed E-state index contributed by atoms with van der Waals surface area (Å²) in [5.41, 5.74) is 3.83. The number of quaternary nitrogens is 1. The molecule has 0 aliphatic carbocycles. The maximum absolute atomic E-state index is 11.2. The number of hydrogen-bond acceptors (Lipinski definition) is 4. The molecule has 0 saturated carbocycles. The summed E-state index contributed by atoms with van der Waals surface area (Å²) in [6, 6.07) is 5.05. The largest absolute Gasteiger partial charge is 0.382 e. The van der Waals surface area contributed by atoms with Crippen molar-refractivity contribution in [2.45, 2.75) is 18.9 Å². The van der Waals surface area contributed by atoms with Crippen LogP contribution in [0.25, 0.3) is 0 Å². The summed E-state index contributed by atoms with van der Waals surface area (Å²) in [5.74, 6) is -0.0379. The number of piperidine rings is 1. The average Bonchev–Trinajstić information content (AvgIpc) is 2.46. The highest BCUT2D eigenvalue weighted by atomic mass is 79.9. The van der Waals surface area contributed by atoms with Gasteiger partial charge in [0.25, 0.3) is 0 Å². The molecule has 2 N–H and O–H groups in total. The molecule has 1 aliphatic heterocycles. The second-order valence-corrected chi connectivity index (χ2v) is 9.00. The molecule has 23 heavy (non-hydrogen) atoms. The number of aldehydes is 1. The third-order valence-electron chi connectivity index (χ3n) is 4.07. The minimum atomic E-state index is -0.780. The first-order valence-corrected chi connectivity index (χ1v) is 9.37. The Labute approximate surface area is 162 Å². The highest BCUT2D eigenvalue weighted by Crippen LogP contribution is 2.30. The average molecular weight is 491 g/mol. The molecule has 0 spiro atoms. The van der Waals surface area contributed by atoms with Gasteiger partial charge in [0.1, 0.15) is 25.5 Å². The van der Waals surface area contributed by atoms with E-state index in [0.717, 1.165) is 25.7 Å². The van der Waals surface area contributed by atoms with E-state index in [4.69, 9.17) is 23.2 Å². The van der Waals surface area contributed by atoms with Crippen molar-refractivity contribution in [3.63, 3.8) is 0 Å². The Kier molecular flexibility index (Phi) is 7.31. The van der Waals surface area contributed by atoms with E-state index < -0.39 is 6.10 Å². The molecule has 1 saturated heterocycles. The van der Waals surface area contributed by atoms with Crippen LogP contribution >= 0.6 is 55.5 Å². The summed E-state index contributed by atoms with van der Waals surface area (Å²) < 4.78 is 1.85. The molecule has 0 bridgehead atoms. The SMILES string of the molecule is O=CC1CCC[N+](CC(O)c2ccc(Cl)cc2Cl)(NN(Br)Br)C1. The first-order valence-electron chi connectivity index (χ1n) is 7.19. The fraction of sp³-hybridized carbons (Fsp3) is 0.500. The zero-order chi connectivity index (χ0) is 17.0. The van der Waals surface area contributed by atoms with Crippen LogP contribution in [-0.4, -0.2) is 38.7 Å². The Bertz CT molecular complexity index is 565. The summed E-state index contributed by atoms with van der Waals surface area (Å²) in [7, 11) is 0. The first-order chi connectivity index (χ1) is 10.8. The van der Waals surface area contributed by atoms with Crippen molar-refractivity contribution in [1.82, 2.24) is 8.60 Å². The second-order valence-electron chi connectivity index (χ2n) is 5.79. The molecule has 1 heterocycles. The standard InChI is InChI=1S/C14H18Br2Cl2N3O2/c15-20(16)19-21(5-1-2-10(7-21)9-22)8-14(23)12-4-3-11(17)6-13(12)18/h3-4,6,9-10,14,19,23H,1-2,5,7-8H2/q+1. The Morgan fingerprint density at radius 2 is 2.22 bits per heavy atom. The third-order valence-corrected chi connectivity index (χ3v) is 4.95. The Morgan fingerprint density at radius 3 is 2.83 bits per heavy atom. The van der Waals surface area contributed by atoms with E-state index in [9.17, 15) is 9.90 Å². The van der Waals surface area contributed by atoms with Gasteiger partial charge < -0.3 is 9.90 Å². The monoisotopic (exact) mass is 488 g/mol. The molecule has 5 nitrogen and oxygen atoms in total. The van der Waals surface area contributed by atoms with E-state index in [1.54, 1.807) is 18.2 Å². The molecule has 1 aliphatic rings. The number of carbonyl (C=O) groups excluding carboxylic acids is 1. The molecular formula is C14H18Br2Cl2N3O2+. The summed E-state index contributed by atoms with van der Waals surface area (Å²) in [6.07, 6.45) is 1.97. The molecule has 3 atom stereocenters. The number of likely N-dealkylation sites (tertiary alicyclic amines) is 1. The van der Waals surface area contributed by atoms with E-state index in [2.05, 4.69) is 37.8 Å². The number of halogens is 4. The lowest BCUT2D eigenvalue weighted by atomic mass is 9.97. The minimum Gasteiger partial charge on any atom is -0.382 e. The Morgan fingerprint density at radius 1 is 1.48 bits per heavy atom. The van der Waals surface area contributed by atoms with Gasteiger partial charge in [-0.05, 0) is 25.0 Å². The van der Waals surface area contributed by atoms with Crippen LogP contribution in [0.3, 0.4) is 0 Å². The number of aliphatic hydroxyl groups is 1. The molecular weight excluding hydrogens is 473 g/mol. The van der Waals surface area contributed by atoms with Gasteiger partial charge in [-0.1, -0.05) is 37.9 Å². The molecule has 1 fully saturated rings. The Hall–Kier alpha value is 0.270. The number of carbonyl (C=O) groups is 1. The van der Waals surface area contributed by atoms with Crippen LogP contribution in [0.5, 0.6) is 0 Å². The normalized spacial score (nSPS) is 26.3. The van der Waals surface area contributed by atoms with Gasteiger partial charge in [-0.2, -0.15) is 0 Å². The molecule has 128 valence electrons. The lowest BCUT2D eigenvalue weighted by Crippen LogP contribution is -2.65. The minimum absolute atomic E-state index is 0.0379. The van der Waals surface area contributed by atoms with E-state index in [1.807, 2.05) is 0 Å². The number of hydrogen-bond donors (Lipinski definition) is 2. The highest BCUT2D eigenvalue weighted by Gasteiger charge is 2.39. The van der Waals surface area contributed by atoms with Crippen molar-refractivity contribution in [2.75, 3.05) is 19.6 Å². The third kappa shape index (κ3) is 5.37. The van der Waals surface area contributed by atoms with E-state index in [-0.39, 0.29) is 5.92 Å². The Balaban J connectivity index is 2.21. The van der Waals surface area contributed by atoms with Crippen molar-refractivity contribution in [2.24, 2.45) is 5.92 Å². The van der Waals surface area contributed by atoms with Crippen LogP contribution in [0.1, 0.15) is 24.5 Å². The van der Waals surface area contributed by atoms with Crippen LogP contribution in [0.2, 0.25) is 10.0 Å². The van der Waals surface area contributed by atoms with Crippen LogP contribution in [0.15, 0.2) is 18.2 Å². The fourth-order valence-corrected chi connectivity index (χ4v) is 4.26. The second kappa shape index (κ2) is 8.58. The molecule has 3 unspecified atom stereocenters. The van der Waals surface area contributed by atoms with Crippen molar-refractivity contribution < 1.29 is 14.5 Å². The van der Waals surface area contributed by atoms with Crippen LogP contribution in [-0.2, 0) is 4.79 Å². The van der Waals surface area contributed by atoms with Gasteiger partial charge in [0.05, 0.1) is 12.5 Å². The predicted molar refractivity (Wildman–Crippen MR) is 97.9 cm³/mol. The summed E-state index contributed by atoms with van der Waals surface area (Å²) in [6.45, 7) is 1.76. The van der Waals surface area contributed by atoms with Crippen LogP contribution in [0.4, 0.5) is 0 Å². The summed E-state index contributed by atoms with van der Waals surface area (Å²) >= 11 is 18.6. The maximum atomic E-state index is 11.2. The van der Waals surface area contributed by atoms with E-state index in [1.165, 1.54) is 3.06 Å². The summed E-state index contributed by atoms with van der Waals surface area (Å²) in [4.78, 5) is 11.2. The lowest BCUT2D eigenvalue weighted by Gasteiger charge is -2.43. The van der Waals surface area contributed by atoms with Crippen molar-refractivity contribution in [1.29, 1.82) is 0 Å². The molecule has 0 amide bonds. The number of rotatable bonds is 6. The molecule has 9 heteroatoms. The molecule has 1 aromatic carbocycles. The number of nitrogens with one attached hydrogen (secondary N) is 1. The first kappa shape index (κ1) is 19.6. The zero-order valence-electron chi connectivity index (χ0n) is 12.3. The van der Waals surface area contributed by atoms with E-state index >= 15 is 0 Å². The molecule has 1 aromatic rings. The number of benzene rings is 1. The van der Waals surface area contributed by atoms with Gasteiger partial charge in [0.2, 0.25) is 0 Å². The molecule has 0 aromatic heterocycles. The van der Waals surface area contributed by atoms with Crippen LogP contribution in [0, 0.1) is 5.92 Å². The van der Waals surface area contributed by atoms with Crippen molar-refractivity contribution in [3.8, 4) is 0 Å². The smallest absolute Gasteiger partial charge is 0.131 e. The van der Waals surface area contributed by atoms with Gasteiger partial charge >= 0.3 is 0 Å². The molecule has 2 rings (SSSR count). The summed E-state index contributed by atoms with van der Waals surface area (Å²) in [5, 5.41) is 11.6. The number of nitrogens with zero attached hydrogens (tertiary/aromatic N) is 2. The van der Waals surface area contributed by atoms with Gasteiger partial charge in [0.15, 0.2) is 0 Å². The van der Waals surface area contributed by atoms with Gasteiger partial charge in [-0.15, -0.1) is 0 Å². The van der Waals surface area contributed by atoms with Gasteiger partial charge in [-0.3, -0.25) is 0 Å². The predicted octanol–water partition coefficient (Wildman–Crippen LogP) is 3.79. The van der Waals surface area contributed by atoms with Crippen LogP contribution < -0.4 is 5.53 Å². The lowest BCUT2D eigenvalue weighted by molar-refractivity contribution is -0.986. The zero-order valence-corrected chi connectivity index (χ0v) is 16.9.